The fraction of sp³-hybridized carbons (Fsp3) is 0.192. The zero-order valence-electron chi connectivity index (χ0n) is 18.5. The lowest BCUT2D eigenvalue weighted by Gasteiger charge is -2.34. The number of oxazole rings is 1. The number of anilines is 1. The van der Waals surface area contributed by atoms with Gasteiger partial charge in [0.2, 0.25) is 26.6 Å². The van der Waals surface area contributed by atoms with Crippen LogP contribution in [0.15, 0.2) is 99.3 Å². The van der Waals surface area contributed by atoms with Crippen molar-refractivity contribution in [3.63, 3.8) is 0 Å². The van der Waals surface area contributed by atoms with Gasteiger partial charge in [0, 0.05) is 38.3 Å². The molecule has 0 bridgehead atoms. The summed E-state index contributed by atoms with van der Waals surface area (Å²) in [4.78, 5) is 8.64. The Bertz CT molecular complexity index is 1350. The van der Waals surface area contributed by atoms with E-state index in [9.17, 15) is 12.8 Å². The van der Waals surface area contributed by atoms with E-state index in [4.69, 9.17) is 4.42 Å². The largest absolute Gasteiger partial charge is 0.419 e. The van der Waals surface area contributed by atoms with E-state index in [1.54, 1.807) is 0 Å². The van der Waals surface area contributed by atoms with Gasteiger partial charge in [-0.3, -0.25) is 4.90 Å². The molecule has 1 aliphatic heterocycles. The number of sulfone groups is 1. The summed E-state index contributed by atoms with van der Waals surface area (Å²) in [5.74, 6) is -0.0376. The maximum atomic E-state index is 13.5. The van der Waals surface area contributed by atoms with Crippen molar-refractivity contribution in [1.82, 2.24) is 9.88 Å². The van der Waals surface area contributed by atoms with Gasteiger partial charge < -0.3 is 9.32 Å². The minimum absolute atomic E-state index is 0.0224. The van der Waals surface area contributed by atoms with Gasteiger partial charge in [-0.2, -0.15) is 4.98 Å². The lowest BCUT2D eigenvalue weighted by Crippen LogP contribution is -2.46. The van der Waals surface area contributed by atoms with Crippen molar-refractivity contribution >= 4 is 15.7 Å². The van der Waals surface area contributed by atoms with Gasteiger partial charge in [-0.15, -0.1) is 0 Å². The molecule has 0 amide bonds. The molecule has 1 fully saturated rings. The van der Waals surface area contributed by atoms with Gasteiger partial charge in [-0.05, 0) is 42.0 Å². The Balaban J connectivity index is 1.45. The maximum Gasteiger partial charge on any atom is 0.236 e. The van der Waals surface area contributed by atoms with Gasteiger partial charge >= 0.3 is 0 Å². The SMILES string of the molecule is O=S(=O)(c1ccc(F)cc1)c1nc(-c2ccccc2)oc1N1CCN(Cc2ccccc2)CC1. The lowest BCUT2D eigenvalue weighted by molar-refractivity contribution is 0.245. The fourth-order valence-electron chi connectivity index (χ4n) is 4.05. The third-order valence-corrected chi connectivity index (χ3v) is 7.55. The Morgan fingerprint density at radius 3 is 2.09 bits per heavy atom. The summed E-state index contributed by atoms with van der Waals surface area (Å²) < 4.78 is 46.4. The Hall–Kier alpha value is -3.49. The summed E-state index contributed by atoms with van der Waals surface area (Å²) >= 11 is 0. The van der Waals surface area contributed by atoms with Crippen LogP contribution in [0, 0.1) is 5.82 Å². The second-order valence-corrected chi connectivity index (χ2v) is 10.1. The van der Waals surface area contributed by atoms with Gasteiger partial charge in [-0.25, -0.2) is 12.8 Å². The smallest absolute Gasteiger partial charge is 0.236 e. The summed E-state index contributed by atoms with van der Waals surface area (Å²) in [7, 11) is -4.01. The average Bonchev–Trinajstić information content (AvgIpc) is 3.33. The number of hydrogen-bond acceptors (Lipinski definition) is 6. The van der Waals surface area contributed by atoms with E-state index in [-0.39, 0.29) is 21.7 Å². The van der Waals surface area contributed by atoms with Crippen molar-refractivity contribution in [3.05, 3.63) is 96.3 Å². The number of benzene rings is 3. The third kappa shape index (κ3) is 4.60. The fourth-order valence-corrected chi connectivity index (χ4v) is 5.37. The van der Waals surface area contributed by atoms with Crippen LogP contribution in [0.2, 0.25) is 0 Å². The monoisotopic (exact) mass is 477 g/mol. The van der Waals surface area contributed by atoms with E-state index < -0.39 is 15.7 Å². The van der Waals surface area contributed by atoms with Crippen LogP contribution in [0.5, 0.6) is 0 Å². The van der Waals surface area contributed by atoms with Gasteiger partial charge in [0.1, 0.15) is 5.82 Å². The predicted octanol–water partition coefficient (Wildman–Crippen LogP) is 4.64. The predicted molar refractivity (Wildman–Crippen MR) is 128 cm³/mol. The lowest BCUT2D eigenvalue weighted by atomic mass is 10.2. The highest BCUT2D eigenvalue weighted by Gasteiger charge is 2.32. The number of rotatable bonds is 6. The van der Waals surface area contributed by atoms with Crippen LogP contribution in [0.3, 0.4) is 0 Å². The second kappa shape index (κ2) is 9.40. The molecule has 0 unspecified atom stereocenters. The quantitative estimate of drug-likeness (QED) is 0.377. The molecule has 6 nitrogen and oxygen atoms in total. The van der Waals surface area contributed by atoms with Crippen LogP contribution < -0.4 is 4.90 Å². The first-order chi connectivity index (χ1) is 16.5. The minimum Gasteiger partial charge on any atom is -0.419 e. The first-order valence-electron chi connectivity index (χ1n) is 11.1. The van der Waals surface area contributed by atoms with Crippen LogP contribution in [-0.2, 0) is 16.4 Å². The second-order valence-electron chi connectivity index (χ2n) is 8.20. The number of nitrogens with zero attached hydrogens (tertiary/aromatic N) is 3. The molecular weight excluding hydrogens is 453 g/mol. The molecule has 0 saturated carbocycles. The molecule has 34 heavy (non-hydrogen) atoms. The minimum atomic E-state index is -4.01. The molecule has 0 atom stereocenters. The first kappa shape index (κ1) is 22.3. The van der Waals surface area contributed by atoms with Crippen LogP contribution in [0.4, 0.5) is 10.3 Å². The maximum absolute atomic E-state index is 13.5. The van der Waals surface area contributed by atoms with E-state index in [1.165, 1.54) is 17.7 Å². The number of hydrogen-bond donors (Lipinski definition) is 0. The van der Waals surface area contributed by atoms with Crippen LogP contribution in [-0.4, -0.2) is 44.5 Å². The summed E-state index contributed by atoms with van der Waals surface area (Å²) in [6.45, 7) is 3.55. The van der Waals surface area contributed by atoms with Crippen LogP contribution >= 0.6 is 0 Å². The molecule has 0 aliphatic carbocycles. The van der Waals surface area contributed by atoms with Crippen molar-refractivity contribution < 1.29 is 17.2 Å². The van der Waals surface area contributed by atoms with Crippen molar-refractivity contribution in [2.45, 2.75) is 16.5 Å². The summed E-state index contributed by atoms with van der Waals surface area (Å²) in [5, 5.41) is -0.144. The molecule has 174 valence electrons. The highest BCUT2D eigenvalue weighted by atomic mass is 32.2. The van der Waals surface area contributed by atoms with Gasteiger partial charge in [0.15, 0.2) is 0 Å². The van der Waals surface area contributed by atoms with E-state index in [0.717, 1.165) is 31.8 Å². The molecule has 4 aromatic rings. The molecule has 1 aromatic heterocycles. The van der Waals surface area contributed by atoms with E-state index >= 15 is 0 Å². The van der Waals surface area contributed by atoms with Gasteiger partial charge in [0.25, 0.3) is 0 Å². The molecule has 1 saturated heterocycles. The molecule has 2 heterocycles. The number of piperazine rings is 1. The molecule has 0 N–H and O–H groups in total. The molecule has 0 radical (unpaired) electrons. The molecule has 8 heteroatoms. The number of aromatic nitrogens is 1. The van der Waals surface area contributed by atoms with Gasteiger partial charge in [-0.1, -0.05) is 48.5 Å². The molecule has 5 rings (SSSR count). The first-order valence-corrected chi connectivity index (χ1v) is 12.6. The standard InChI is InChI=1S/C26H24FN3O3S/c27-22-11-13-23(14-12-22)34(31,32)25-26(33-24(28-25)21-9-5-2-6-10-21)30-17-15-29(16-18-30)19-20-7-3-1-4-8-20/h1-14H,15-19H2. The highest BCUT2D eigenvalue weighted by molar-refractivity contribution is 7.91. The normalized spacial score (nSPS) is 14.9. The van der Waals surface area contributed by atoms with E-state index in [1.807, 2.05) is 53.4 Å². The van der Waals surface area contributed by atoms with Crippen LogP contribution in [0.25, 0.3) is 11.5 Å². The van der Waals surface area contributed by atoms with Gasteiger partial charge in [0.05, 0.1) is 4.90 Å². The molecule has 1 aliphatic rings. The van der Waals surface area contributed by atoms with Crippen molar-refractivity contribution in [2.75, 3.05) is 31.1 Å². The van der Waals surface area contributed by atoms with Crippen LogP contribution in [0.1, 0.15) is 5.56 Å². The topological polar surface area (TPSA) is 66.7 Å². The Morgan fingerprint density at radius 1 is 0.824 bits per heavy atom. The summed E-state index contributed by atoms with van der Waals surface area (Å²) in [6.07, 6.45) is 0. The Labute approximate surface area is 198 Å². The Kier molecular flexibility index (Phi) is 6.17. The Morgan fingerprint density at radius 2 is 1.44 bits per heavy atom. The highest BCUT2D eigenvalue weighted by Crippen LogP contribution is 2.35. The molecule has 0 spiro atoms. The van der Waals surface area contributed by atoms with Crippen molar-refractivity contribution in [3.8, 4) is 11.5 Å². The van der Waals surface area contributed by atoms with Crippen molar-refractivity contribution in [1.29, 1.82) is 0 Å². The zero-order valence-corrected chi connectivity index (χ0v) is 19.3. The van der Waals surface area contributed by atoms with E-state index in [2.05, 4.69) is 22.0 Å². The molecular formula is C26H24FN3O3S. The average molecular weight is 478 g/mol. The van der Waals surface area contributed by atoms with Crippen molar-refractivity contribution in [2.24, 2.45) is 0 Å². The molecule has 3 aromatic carbocycles. The summed E-state index contributed by atoms with van der Waals surface area (Å²) in [6, 6.07) is 24.2. The third-order valence-electron chi connectivity index (χ3n) is 5.89. The zero-order chi connectivity index (χ0) is 23.5. The summed E-state index contributed by atoms with van der Waals surface area (Å²) in [5.41, 5.74) is 1.92. The number of halogens is 1. The van der Waals surface area contributed by atoms with E-state index in [0.29, 0.717) is 18.7 Å².